The number of anilines is 1. The van der Waals surface area contributed by atoms with E-state index in [4.69, 9.17) is 46.4 Å². The lowest BCUT2D eigenvalue weighted by Crippen LogP contribution is -2.48. The molecule has 33 heavy (non-hydrogen) atoms. The van der Waals surface area contributed by atoms with Crippen LogP contribution in [-0.2, 0) is 11.2 Å². The third-order valence-corrected chi connectivity index (χ3v) is 6.93. The first-order valence-electron chi connectivity index (χ1n) is 9.55. The van der Waals surface area contributed by atoms with E-state index in [1.54, 1.807) is 30.3 Å². The molecule has 0 aromatic heterocycles. The second-order valence-corrected chi connectivity index (χ2v) is 8.70. The van der Waals surface area contributed by atoms with E-state index in [1.165, 1.54) is 24.3 Å². The van der Waals surface area contributed by atoms with Crippen LogP contribution in [0.5, 0.6) is 0 Å². The van der Waals surface area contributed by atoms with Crippen LogP contribution in [0.3, 0.4) is 0 Å². The summed E-state index contributed by atoms with van der Waals surface area (Å²) in [5.74, 6) is -2.79. The zero-order chi connectivity index (χ0) is 23.9. The first-order chi connectivity index (χ1) is 15.7. The van der Waals surface area contributed by atoms with Gasteiger partial charge in [-0.1, -0.05) is 76.7 Å². The molecule has 1 N–H and O–H groups in total. The Labute approximate surface area is 208 Å². The minimum atomic E-state index is -1.27. The van der Waals surface area contributed by atoms with Crippen LogP contribution in [0.4, 0.5) is 10.1 Å². The molecule has 0 saturated heterocycles. The fraction of sp³-hybridized carbons (Fsp3) is 0.0870. The maximum absolute atomic E-state index is 13.3. The second-order valence-electron chi connectivity index (χ2n) is 7.19. The Morgan fingerprint density at radius 3 is 1.85 bits per heavy atom. The number of benzene rings is 3. The Morgan fingerprint density at radius 2 is 1.33 bits per heavy atom. The van der Waals surface area contributed by atoms with Gasteiger partial charge in [-0.15, -0.1) is 0 Å². The van der Waals surface area contributed by atoms with Crippen LogP contribution in [0.2, 0.25) is 20.1 Å². The number of amides is 3. The topological polar surface area (TPSA) is 66.5 Å². The summed E-state index contributed by atoms with van der Waals surface area (Å²) in [6, 6.07) is 12.6. The fourth-order valence-electron chi connectivity index (χ4n) is 3.55. The summed E-state index contributed by atoms with van der Waals surface area (Å²) in [5.41, 5.74) is 0.558. The molecule has 10 heteroatoms. The molecule has 1 heterocycles. The summed E-state index contributed by atoms with van der Waals surface area (Å²) in [5, 5.41) is 1.84. The van der Waals surface area contributed by atoms with Gasteiger partial charge in [0.05, 0.1) is 31.2 Å². The highest BCUT2D eigenvalue weighted by Crippen LogP contribution is 2.45. The third kappa shape index (κ3) is 4.32. The monoisotopic (exact) mass is 524 g/mol. The summed E-state index contributed by atoms with van der Waals surface area (Å²) in [6.07, 6.45) is 0.00996. The molecule has 4 rings (SSSR count). The van der Waals surface area contributed by atoms with Gasteiger partial charge in [-0.05, 0) is 29.8 Å². The maximum Gasteiger partial charge on any atom is 0.263 e. The Hall–Kier alpha value is -2.64. The summed E-state index contributed by atoms with van der Waals surface area (Å²) < 4.78 is 13.3. The largest absolute Gasteiger partial charge is 0.324 e. The standard InChI is InChI=1S/C23H13Cl4FN2O3/c24-17-15-16(18(25)20(27)19(17)26)23(33)30(22(15)32)14(10-11-4-2-1-3-5-11)21(31)29-13-8-6-12(28)7-9-13/h1-9,14H,10H2,(H,29,31). The maximum atomic E-state index is 13.3. The first kappa shape index (κ1) is 23.5. The number of hydrogen-bond donors (Lipinski definition) is 1. The Balaban J connectivity index is 1.76. The number of fused-ring (bicyclic) bond motifs is 1. The predicted molar refractivity (Wildman–Crippen MR) is 126 cm³/mol. The van der Waals surface area contributed by atoms with E-state index >= 15 is 0 Å². The molecule has 5 nitrogen and oxygen atoms in total. The van der Waals surface area contributed by atoms with Crippen LogP contribution in [0.15, 0.2) is 54.6 Å². The van der Waals surface area contributed by atoms with Gasteiger partial charge in [0.15, 0.2) is 0 Å². The highest BCUT2D eigenvalue weighted by Gasteiger charge is 2.46. The molecule has 0 bridgehead atoms. The summed E-state index contributed by atoms with van der Waals surface area (Å²) >= 11 is 24.6. The first-order valence-corrected chi connectivity index (χ1v) is 11.1. The van der Waals surface area contributed by atoms with Crippen molar-refractivity contribution in [2.45, 2.75) is 12.5 Å². The Kier molecular flexibility index (Phi) is 6.64. The lowest BCUT2D eigenvalue weighted by Gasteiger charge is -2.25. The molecule has 168 valence electrons. The van der Waals surface area contributed by atoms with Crippen molar-refractivity contribution in [3.8, 4) is 0 Å². The van der Waals surface area contributed by atoms with Crippen molar-refractivity contribution in [2.24, 2.45) is 0 Å². The molecule has 0 fully saturated rings. The molecule has 1 atom stereocenters. The third-order valence-electron chi connectivity index (χ3n) is 5.13. The zero-order valence-electron chi connectivity index (χ0n) is 16.5. The molecule has 0 spiro atoms. The Bertz CT molecular complexity index is 1240. The van der Waals surface area contributed by atoms with Crippen molar-refractivity contribution in [1.29, 1.82) is 0 Å². The molecule has 0 radical (unpaired) electrons. The Morgan fingerprint density at radius 1 is 0.818 bits per heavy atom. The number of carbonyl (C=O) groups is 3. The van der Waals surface area contributed by atoms with E-state index in [2.05, 4.69) is 5.32 Å². The highest BCUT2D eigenvalue weighted by molar-refractivity contribution is 6.55. The van der Waals surface area contributed by atoms with E-state index < -0.39 is 29.6 Å². The minimum absolute atomic E-state index is 0.00996. The molecule has 0 saturated carbocycles. The molecule has 1 aliphatic heterocycles. The van der Waals surface area contributed by atoms with Crippen LogP contribution in [0, 0.1) is 5.82 Å². The predicted octanol–water partition coefficient (Wildman–Crippen LogP) is 6.29. The van der Waals surface area contributed by atoms with E-state index in [0.717, 1.165) is 4.90 Å². The number of carbonyl (C=O) groups excluding carboxylic acids is 3. The smallest absolute Gasteiger partial charge is 0.263 e. The van der Waals surface area contributed by atoms with Gasteiger partial charge in [-0.2, -0.15) is 0 Å². The van der Waals surface area contributed by atoms with E-state index in [0.29, 0.717) is 11.3 Å². The zero-order valence-corrected chi connectivity index (χ0v) is 19.6. The van der Waals surface area contributed by atoms with Gasteiger partial charge in [-0.3, -0.25) is 19.3 Å². The lowest BCUT2D eigenvalue weighted by atomic mass is 10.0. The van der Waals surface area contributed by atoms with E-state index in [1.807, 2.05) is 0 Å². The second kappa shape index (κ2) is 9.31. The number of rotatable bonds is 5. The lowest BCUT2D eigenvalue weighted by molar-refractivity contribution is -0.119. The number of imide groups is 1. The molecular formula is C23H13Cl4FN2O3. The fourth-order valence-corrected chi connectivity index (χ4v) is 4.56. The van der Waals surface area contributed by atoms with Gasteiger partial charge in [0.2, 0.25) is 5.91 Å². The van der Waals surface area contributed by atoms with Crippen molar-refractivity contribution >= 4 is 69.8 Å². The molecule has 3 amide bonds. The summed E-state index contributed by atoms with van der Waals surface area (Å²) in [4.78, 5) is 40.7. The van der Waals surface area contributed by atoms with Gasteiger partial charge < -0.3 is 5.32 Å². The van der Waals surface area contributed by atoms with Crippen LogP contribution in [0.25, 0.3) is 0 Å². The van der Waals surface area contributed by atoms with Crippen molar-refractivity contribution < 1.29 is 18.8 Å². The SMILES string of the molecule is O=C(Nc1ccc(F)cc1)C(Cc1ccccc1)N1C(=O)c2c(Cl)c(Cl)c(Cl)c(Cl)c2C1=O. The van der Waals surface area contributed by atoms with Gasteiger partial charge in [0.1, 0.15) is 11.9 Å². The normalized spacial score (nSPS) is 13.8. The van der Waals surface area contributed by atoms with Gasteiger partial charge in [0.25, 0.3) is 11.8 Å². The molecule has 3 aromatic carbocycles. The molecular weight excluding hydrogens is 513 g/mol. The minimum Gasteiger partial charge on any atom is -0.324 e. The molecule has 3 aromatic rings. The van der Waals surface area contributed by atoms with Crippen molar-refractivity contribution in [3.63, 3.8) is 0 Å². The molecule has 0 aliphatic carbocycles. The van der Waals surface area contributed by atoms with Crippen molar-refractivity contribution in [3.05, 3.63) is 97.2 Å². The number of nitrogens with one attached hydrogen (secondary N) is 1. The van der Waals surface area contributed by atoms with Crippen LogP contribution in [-0.4, -0.2) is 28.7 Å². The highest BCUT2D eigenvalue weighted by atomic mass is 35.5. The molecule has 1 unspecified atom stereocenters. The van der Waals surface area contributed by atoms with Crippen LogP contribution < -0.4 is 5.32 Å². The molecule has 1 aliphatic rings. The van der Waals surface area contributed by atoms with Gasteiger partial charge >= 0.3 is 0 Å². The van der Waals surface area contributed by atoms with Gasteiger partial charge in [0, 0.05) is 12.1 Å². The quantitative estimate of drug-likeness (QED) is 0.242. The van der Waals surface area contributed by atoms with Crippen LogP contribution >= 0.6 is 46.4 Å². The van der Waals surface area contributed by atoms with E-state index in [9.17, 15) is 18.8 Å². The van der Waals surface area contributed by atoms with Gasteiger partial charge in [-0.25, -0.2) is 4.39 Å². The summed E-state index contributed by atoms with van der Waals surface area (Å²) in [7, 11) is 0. The summed E-state index contributed by atoms with van der Waals surface area (Å²) in [6.45, 7) is 0. The van der Waals surface area contributed by atoms with Crippen LogP contribution in [0.1, 0.15) is 26.3 Å². The number of hydrogen-bond acceptors (Lipinski definition) is 3. The van der Waals surface area contributed by atoms with Crippen molar-refractivity contribution in [1.82, 2.24) is 4.90 Å². The van der Waals surface area contributed by atoms with Crippen molar-refractivity contribution in [2.75, 3.05) is 5.32 Å². The number of halogens is 5. The average molecular weight is 526 g/mol. The number of nitrogens with zero attached hydrogens (tertiary/aromatic N) is 1. The van der Waals surface area contributed by atoms with E-state index in [-0.39, 0.29) is 37.6 Å². The average Bonchev–Trinajstić information content (AvgIpc) is 3.07.